The zero-order valence-corrected chi connectivity index (χ0v) is 21.4. The van der Waals surface area contributed by atoms with Crippen LogP contribution in [-0.4, -0.2) is 79.4 Å². The monoisotopic (exact) mass is 526 g/mol. The number of ketones is 2. The Morgan fingerprint density at radius 1 is 1.26 bits per heavy atom. The number of primary amides is 1. The fourth-order valence-corrected chi connectivity index (χ4v) is 5.73. The highest BCUT2D eigenvalue weighted by atomic mass is 16.3. The van der Waals surface area contributed by atoms with Crippen molar-refractivity contribution in [3.05, 3.63) is 45.9 Å². The number of rotatable bonds is 5. The summed E-state index contributed by atoms with van der Waals surface area (Å²) < 4.78 is 0. The molecule has 4 atom stereocenters. The van der Waals surface area contributed by atoms with Gasteiger partial charge in [-0.3, -0.25) is 24.1 Å². The first-order valence-electron chi connectivity index (χ1n) is 12.0. The van der Waals surface area contributed by atoms with Crippen LogP contribution in [0.3, 0.4) is 0 Å². The number of Topliss-reactive ketones (excluding diaryl/α,β-unsaturated/α-hetero) is 2. The average molecular weight is 527 g/mol. The molecule has 38 heavy (non-hydrogen) atoms. The molecule has 12 heteroatoms. The van der Waals surface area contributed by atoms with Crippen molar-refractivity contribution >= 4 is 35.0 Å². The van der Waals surface area contributed by atoms with E-state index in [0.717, 1.165) is 5.57 Å². The second kappa shape index (κ2) is 9.37. The molecule has 1 fully saturated rings. The first-order valence-corrected chi connectivity index (χ1v) is 12.0. The molecular weight excluding hydrogens is 496 g/mol. The van der Waals surface area contributed by atoms with Crippen molar-refractivity contribution in [2.24, 2.45) is 17.6 Å². The first kappa shape index (κ1) is 27.0. The number of hydrogen-bond acceptors (Lipinski definition) is 10. The minimum Gasteiger partial charge on any atom is -0.508 e. The molecule has 0 unspecified atom stereocenters. The summed E-state index contributed by atoms with van der Waals surface area (Å²) in [5.41, 5.74) is 2.48. The number of nitrogens with zero attached hydrogens (tertiary/aromatic N) is 2. The molecule has 0 aliphatic heterocycles. The molecule has 1 heterocycles. The van der Waals surface area contributed by atoms with E-state index in [-0.39, 0.29) is 36.2 Å². The van der Waals surface area contributed by atoms with Crippen molar-refractivity contribution < 1.29 is 39.6 Å². The quantitative estimate of drug-likeness (QED) is 0.233. The molecule has 0 aromatic carbocycles. The second-order valence-electron chi connectivity index (χ2n) is 10.2. The van der Waals surface area contributed by atoms with E-state index in [2.05, 4.69) is 10.3 Å². The molecule has 3 aliphatic carbocycles. The normalized spacial score (nSPS) is 27.2. The summed E-state index contributed by atoms with van der Waals surface area (Å²) in [4.78, 5) is 56.8. The summed E-state index contributed by atoms with van der Waals surface area (Å²) in [7, 11) is 3.06. The maximum Gasteiger partial charge on any atom is 0.255 e. The van der Waals surface area contributed by atoms with Crippen LogP contribution in [0.25, 0.3) is 5.76 Å². The third-order valence-electron chi connectivity index (χ3n) is 7.65. The van der Waals surface area contributed by atoms with Crippen molar-refractivity contribution in [2.75, 3.05) is 19.4 Å². The molecular formula is C26H30N4O8. The van der Waals surface area contributed by atoms with Crippen LogP contribution in [0.5, 0.6) is 5.75 Å². The lowest BCUT2D eigenvalue weighted by molar-refractivity contribution is -0.153. The molecule has 1 aromatic heterocycles. The predicted molar refractivity (Wildman–Crippen MR) is 135 cm³/mol. The first-order chi connectivity index (χ1) is 17.7. The molecule has 2 amide bonds. The Morgan fingerprint density at radius 2 is 1.92 bits per heavy atom. The van der Waals surface area contributed by atoms with E-state index >= 15 is 0 Å². The van der Waals surface area contributed by atoms with Gasteiger partial charge in [0.2, 0.25) is 11.7 Å². The fraction of sp³-hybridized carbons (Fsp3) is 0.423. The Kier molecular flexibility index (Phi) is 6.66. The van der Waals surface area contributed by atoms with Crippen molar-refractivity contribution in [1.82, 2.24) is 9.88 Å². The molecule has 0 radical (unpaired) electrons. The summed E-state index contributed by atoms with van der Waals surface area (Å²) in [5.74, 6) is -8.13. The standard InChI is InChI=1S/C26H30N4O8/c1-5-10(2)6-14(31)29-25-21(34)15-12(9-28-25)7-11-8-13-18(30(3)4)20(33)17(24(27)37)23(36)26(13,38)22(35)16(11)19(15)32/h5,9,11,13,18,32,34,36,38H,6-8H2,1-4H3,(H2,27,37)(H,28,29,31)/b10-5-/t11-,13-,18-,26-/m0/s1. The number of nitrogens with two attached hydrogens (primary N) is 1. The topological polar surface area (TPSA) is 203 Å². The number of pyridine rings is 1. The molecule has 4 rings (SSSR count). The Hall–Kier alpha value is -4.03. The fourth-order valence-electron chi connectivity index (χ4n) is 5.73. The minimum absolute atomic E-state index is 0.0202. The summed E-state index contributed by atoms with van der Waals surface area (Å²) in [6.07, 6.45) is 3.27. The largest absolute Gasteiger partial charge is 0.508 e. The molecule has 0 bridgehead atoms. The number of aliphatic hydroxyl groups is 3. The number of aromatic nitrogens is 1. The number of carbonyl (C=O) groups excluding carboxylic acids is 4. The number of hydrogen-bond donors (Lipinski definition) is 6. The second-order valence-corrected chi connectivity index (χ2v) is 10.2. The molecule has 202 valence electrons. The van der Waals surface area contributed by atoms with Gasteiger partial charge in [-0.05, 0) is 52.3 Å². The number of nitrogens with one attached hydrogen (secondary N) is 1. The lowest BCUT2D eigenvalue weighted by Gasteiger charge is -2.50. The Labute approximate surface area is 218 Å². The summed E-state index contributed by atoms with van der Waals surface area (Å²) >= 11 is 0. The van der Waals surface area contributed by atoms with Crippen LogP contribution in [0.15, 0.2) is 34.8 Å². The van der Waals surface area contributed by atoms with Crippen LogP contribution in [0.2, 0.25) is 0 Å². The van der Waals surface area contributed by atoms with E-state index in [1.54, 1.807) is 19.9 Å². The molecule has 1 saturated carbocycles. The van der Waals surface area contributed by atoms with Gasteiger partial charge >= 0.3 is 0 Å². The number of allylic oxidation sites excluding steroid dienone is 1. The van der Waals surface area contributed by atoms with Gasteiger partial charge in [0.15, 0.2) is 23.0 Å². The maximum atomic E-state index is 13.8. The molecule has 7 N–H and O–H groups in total. The molecule has 3 aliphatic rings. The lowest BCUT2D eigenvalue weighted by Crippen LogP contribution is -2.65. The van der Waals surface area contributed by atoms with E-state index < -0.39 is 69.7 Å². The van der Waals surface area contributed by atoms with Gasteiger partial charge in [-0.1, -0.05) is 11.6 Å². The Balaban J connectivity index is 1.84. The average Bonchev–Trinajstić information content (AvgIpc) is 2.82. The molecule has 0 spiro atoms. The van der Waals surface area contributed by atoms with Crippen molar-refractivity contribution in [3.63, 3.8) is 0 Å². The third-order valence-corrected chi connectivity index (χ3v) is 7.65. The highest BCUT2D eigenvalue weighted by Gasteiger charge is 2.64. The summed E-state index contributed by atoms with van der Waals surface area (Å²) in [6.45, 7) is 3.54. The predicted octanol–water partition coefficient (Wildman–Crippen LogP) is 0.654. The van der Waals surface area contributed by atoms with Gasteiger partial charge < -0.3 is 31.5 Å². The number of amides is 2. The Bertz CT molecular complexity index is 1380. The van der Waals surface area contributed by atoms with Gasteiger partial charge in [0.1, 0.15) is 17.1 Å². The molecule has 1 aromatic rings. The summed E-state index contributed by atoms with van der Waals surface area (Å²) in [5, 5.41) is 47.1. The zero-order valence-electron chi connectivity index (χ0n) is 21.4. The Morgan fingerprint density at radius 3 is 2.50 bits per heavy atom. The van der Waals surface area contributed by atoms with Crippen LogP contribution < -0.4 is 11.1 Å². The van der Waals surface area contributed by atoms with Crippen LogP contribution >= 0.6 is 0 Å². The van der Waals surface area contributed by atoms with Gasteiger partial charge in [0.05, 0.1) is 11.6 Å². The smallest absolute Gasteiger partial charge is 0.255 e. The van der Waals surface area contributed by atoms with Crippen molar-refractivity contribution in [3.8, 4) is 5.75 Å². The third kappa shape index (κ3) is 3.87. The van der Waals surface area contributed by atoms with E-state index in [9.17, 15) is 39.6 Å². The van der Waals surface area contributed by atoms with E-state index in [4.69, 9.17) is 5.73 Å². The zero-order chi connectivity index (χ0) is 28.3. The van der Waals surface area contributed by atoms with Gasteiger partial charge in [-0.2, -0.15) is 0 Å². The lowest BCUT2D eigenvalue weighted by atomic mass is 9.57. The number of aliphatic hydroxyl groups excluding tert-OH is 2. The van der Waals surface area contributed by atoms with Crippen LogP contribution in [-0.2, 0) is 25.6 Å². The minimum atomic E-state index is -2.71. The molecule has 0 saturated heterocycles. The van der Waals surface area contributed by atoms with Gasteiger partial charge in [-0.25, -0.2) is 4.98 Å². The van der Waals surface area contributed by atoms with Gasteiger partial charge in [0.25, 0.3) is 5.91 Å². The van der Waals surface area contributed by atoms with E-state index in [1.807, 2.05) is 0 Å². The number of fused-ring (bicyclic) bond motifs is 3. The van der Waals surface area contributed by atoms with E-state index in [0.29, 0.717) is 5.56 Å². The van der Waals surface area contributed by atoms with Crippen LogP contribution in [0.1, 0.15) is 37.8 Å². The van der Waals surface area contributed by atoms with Crippen LogP contribution in [0, 0.1) is 11.8 Å². The van der Waals surface area contributed by atoms with Crippen molar-refractivity contribution in [1.29, 1.82) is 0 Å². The van der Waals surface area contributed by atoms with Crippen molar-refractivity contribution in [2.45, 2.75) is 44.8 Å². The van der Waals surface area contributed by atoms with E-state index in [1.165, 1.54) is 25.2 Å². The highest BCUT2D eigenvalue weighted by molar-refractivity contribution is 6.24. The highest BCUT2D eigenvalue weighted by Crippen LogP contribution is 2.52. The number of anilines is 1. The SMILES string of the molecule is C/C=C(/C)CC(=O)Nc1ncc2c(c1O)C(O)=C1C(=O)[C@]3(O)C(O)=C(C(N)=O)C(=O)[C@@H](N(C)C)[C@@H]3C[C@@H]1C2. The number of aromatic hydroxyl groups is 1. The summed E-state index contributed by atoms with van der Waals surface area (Å²) in [6, 6.07) is -1.16. The van der Waals surface area contributed by atoms with Crippen LogP contribution in [0.4, 0.5) is 5.82 Å². The van der Waals surface area contributed by atoms with Gasteiger partial charge in [0, 0.05) is 24.1 Å². The maximum absolute atomic E-state index is 13.8. The van der Waals surface area contributed by atoms with Gasteiger partial charge in [-0.15, -0.1) is 0 Å². The number of likely N-dealkylation sites (N-methyl/N-ethyl adjacent to an activating group) is 1. The molecule has 12 nitrogen and oxygen atoms in total. The number of carbonyl (C=O) groups is 4.